The molecule has 6 nitrogen and oxygen atoms in total. The zero-order valence-electron chi connectivity index (χ0n) is 14.5. The highest BCUT2D eigenvalue weighted by Gasteiger charge is 2.30. The van der Waals surface area contributed by atoms with Crippen molar-refractivity contribution in [2.45, 2.75) is 24.0 Å². The lowest BCUT2D eigenvalue weighted by Crippen LogP contribution is -2.05. The molecule has 3 heterocycles. The smallest absolute Gasteiger partial charge is 0.192 e. The van der Waals surface area contributed by atoms with Crippen molar-refractivity contribution in [2.75, 3.05) is 5.75 Å². The maximum Gasteiger partial charge on any atom is 0.192 e. The maximum absolute atomic E-state index is 12.8. The largest absolute Gasteiger partial charge is 0.360 e. The highest BCUT2D eigenvalue weighted by atomic mass is 32.2. The molecule has 0 unspecified atom stereocenters. The molecule has 7 heteroatoms. The number of ketones is 1. The van der Waals surface area contributed by atoms with E-state index < -0.39 is 0 Å². The normalized spacial score (nSPS) is 13.9. The number of H-pyrrole nitrogens is 1. The standard InChI is InChI=1S/C20H17N5OS/c26-18(16-11-22-17-6-2-1-5-15(16)17)12-27-20-24-23-19(25(20)14-7-8-14)13-4-3-9-21-10-13/h1-6,9-11,14,22H,7-8,12H2. The fraction of sp³-hybridized carbons (Fsp3) is 0.200. The summed E-state index contributed by atoms with van der Waals surface area (Å²) < 4.78 is 2.16. The molecule has 1 aromatic carbocycles. The van der Waals surface area contributed by atoms with Crippen LogP contribution >= 0.6 is 11.8 Å². The number of hydrogen-bond donors (Lipinski definition) is 1. The van der Waals surface area contributed by atoms with Gasteiger partial charge >= 0.3 is 0 Å². The fourth-order valence-corrected chi connectivity index (χ4v) is 4.13. The highest BCUT2D eigenvalue weighted by Crippen LogP contribution is 2.41. The molecule has 1 fully saturated rings. The quantitative estimate of drug-likeness (QED) is 0.405. The Kier molecular flexibility index (Phi) is 4.01. The fourth-order valence-electron chi connectivity index (χ4n) is 3.24. The Morgan fingerprint density at radius 3 is 2.89 bits per heavy atom. The number of nitrogens with one attached hydrogen (secondary N) is 1. The molecule has 1 aliphatic carbocycles. The van der Waals surface area contributed by atoms with E-state index in [9.17, 15) is 4.79 Å². The second-order valence-electron chi connectivity index (χ2n) is 6.61. The summed E-state index contributed by atoms with van der Waals surface area (Å²) in [6.07, 6.45) is 7.58. The van der Waals surface area contributed by atoms with E-state index in [1.165, 1.54) is 11.8 Å². The van der Waals surface area contributed by atoms with Gasteiger partial charge in [0, 0.05) is 46.7 Å². The van der Waals surface area contributed by atoms with E-state index in [1.54, 1.807) is 18.6 Å². The summed E-state index contributed by atoms with van der Waals surface area (Å²) in [5.41, 5.74) is 2.65. The van der Waals surface area contributed by atoms with Gasteiger partial charge in [-0.05, 0) is 31.0 Å². The van der Waals surface area contributed by atoms with Crippen molar-refractivity contribution in [3.05, 3.63) is 60.6 Å². The predicted molar refractivity (Wildman–Crippen MR) is 105 cm³/mol. The molecule has 0 amide bonds. The zero-order chi connectivity index (χ0) is 18.2. The van der Waals surface area contributed by atoms with E-state index in [0.717, 1.165) is 45.9 Å². The summed E-state index contributed by atoms with van der Waals surface area (Å²) >= 11 is 1.45. The molecular weight excluding hydrogens is 358 g/mol. The SMILES string of the molecule is O=C(CSc1nnc(-c2cccnc2)n1C1CC1)c1c[nH]c2ccccc12. The number of thioether (sulfide) groups is 1. The monoisotopic (exact) mass is 375 g/mol. The number of hydrogen-bond acceptors (Lipinski definition) is 5. The predicted octanol–water partition coefficient (Wildman–Crippen LogP) is 4.13. The van der Waals surface area contributed by atoms with Gasteiger partial charge in [-0.25, -0.2) is 0 Å². The number of carbonyl (C=O) groups excluding carboxylic acids is 1. The number of fused-ring (bicyclic) bond motifs is 1. The van der Waals surface area contributed by atoms with Crippen LogP contribution in [0.2, 0.25) is 0 Å². The van der Waals surface area contributed by atoms with E-state index >= 15 is 0 Å². The number of para-hydroxylation sites is 1. The van der Waals surface area contributed by atoms with Crippen molar-refractivity contribution in [1.29, 1.82) is 0 Å². The molecule has 1 N–H and O–H groups in total. The maximum atomic E-state index is 12.8. The molecule has 1 saturated carbocycles. The average molecular weight is 375 g/mol. The first kappa shape index (κ1) is 16.3. The van der Waals surface area contributed by atoms with Crippen LogP contribution in [-0.4, -0.2) is 36.3 Å². The Balaban J connectivity index is 1.40. The molecule has 4 aromatic rings. The second kappa shape index (κ2) is 6.66. The van der Waals surface area contributed by atoms with Gasteiger partial charge in [0.15, 0.2) is 16.8 Å². The first-order chi connectivity index (χ1) is 13.3. The van der Waals surface area contributed by atoms with Crippen molar-refractivity contribution in [3.8, 4) is 11.4 Å². The summed E-state index contributed by atoms with van der Waals surface area (Å²) in [5, 5.41) is 10.5. The van der Waals surface area contributed by atoms with Crippen molar-refractivity contribution >= 4 is 28.4 Å². The molecule has 5 rings (SSSR count). The van der Waals surface area contributed by atoms with Gasteiger partial charge in [-0.15, -0.1) is 10.2 Å². The van der Waals surface area contributed by atoms with Crippen molar-refractivity contribution in [2.24, 2.45) is 0 Å². The van der Waals surface area contributed by atoms with Crippen LogP contribution < -0.4 is 0 Å². The first-order valence-electron chi connectivity index (χ1n) is 8.88. The summed E-state index contributed by atoms with van der Waals surface area (Å²) in [5.74, 6) is 1.25. The third-order valence-electron chi connectivity index (χ3n) is 4.72. The lowest BCUT2D eigenvalue weighted by atomic mass is 10.1. The molecule has 0 atom stereocenters. The Morgan fingerprint density at radius 1 is 1.19 bits per heavy atom. The second-order valence-corrected chi connectivity index (χ2v) is 7.55. The van der Waals surface area contributed by atoms with E-state index in [2.05, 4.69) is 24.7 Å². The molecular formula is C20H17N5OS. The van der Waals surface area contributed by atoms with Crippen LogP contribution in [0.25, 0.3) is 22.3 Å². The summed E-state index contributed by atoms with van der Waals surface area (Å²) in [6.45, 7) is 0. The van der Waals surface area contributed by atoms with E-state index in [4.69, 9.17) is 0 Å². The van der Waals surface area contributed by atoms with Gasteiger partial charge in [0.25, 0.3) is 0 Å². The topological polar surface area (TPSA) is 76.5 Å². The molecule has 3 aromatic heterocycles. The number of aromatic amines is 1. The Morgan fingerprint density at radius 2 is 2.07 bits per heavy atom. The minimum Gasteiger partial charge on any atom is -0.360 e. The van der Waals surface area contributed by atoms with E-state index in [1.807, 2.05) is 36.4 Å². The highest BCUT2D eigenvalue weighted by molar-refractivity contribution is 7.99. The van der Waals surface area contributed by atoms with Gasteiger partial charge in [-0.1, -0.05) is 30.0 Å². The van der Waals surface area contributed by atoms with Crippen LogP contribution in [0.15, 0.2) is 60.1 Å². The lowest BCUT2D eigenvalue weighted by Gasteiger charge is -2.08. The van der Waals surface area contributed by atoms with Crippen LogP contribution in [0.3, 0.4) is 0 Å². The molecule has 0 radical (unpaired) electrons. The van der Waals surface area contributed by atoms with Crippen LogP contribution in [-0.2, 0) is 0 Å². The van der Waals surface area contributed by atoms with E-state index in [-0.39, 0.29) is 5.78 Å². The van der Waals surface area contributed by atoms with Gasteiger partial charge in [0.05, 0.1) is 5.75 Å². The molecule has 1 aliphatic rings. The van der Waals surface area contributed by atoms with Crippen molar-refractivity contribution in [3.63, 3.8) is 0 Å². The van der Waals surface area contributed by atoms with Gasteiger partial charge < -0.3 is 4.98 Å². The molecule has 0 saturated heterocycles. The Bertz CT molecular complexity index is 1110. The number of pyridine rings is 1. The summed E-state index contributed by atoms with van der Waals surface area (Å²) in [7, 11) is 0. The zero-order valence-corrected chi connectivity index (χ0v) is 15.3. The molecule has 0 bridgehead atoms. The number of carbonyl (C=O) groups is 1. The number of nitrogens with zero attached hydrogens (tertiary/aromatic N) is 4. The van der Waals surface area contributed by atoms with E-state index in [0.29, 0.717) is 11.8 Å². The number of rotatable bonds is 6. The minimum absolute atomic E-state index is 0.0886. The molecule has 0 spiro atoms. The first-order valence-corrected chi connectivity index (χ1v) is 9.87. The van der Waals surface area contributed by atoms with Crippen LogP contribution in [0.1, 0.15) is 29.2 Å². The molecule has 134 valence electrons. The van der Waals surface area contributed by atoms with Crippen LogP contribution in [0.5, 0.6) is 0 Å². The third kappa shape index (κ3) is 3.04. The van der Waals surface area contributed by atoms with Crippen molar-refractivity contribution < 1.29 is 4.79 Å². The van der Waals surface area contributed by atoms with Gasteiger partial charge in [-0.2, -0.15) is 0 Å². The Labute approximate surface area is 160 Å². The number of Topliss-reactive ketones (excluding diaryl/α,β-unsaturated/α-hetero) is 1. The summed E-state index contributed by atoms with van der Waals surface area (Å²) in [6, 6.07) is 12.2. The number of benzene rings is 1. The molecule has 27 heavy (non-hydrogen) atoms. The third-order valence-corrected chi connectivity index (χ3v) is 5.66. The van der Waals surface area contributed by atoms with Gasteiger partial charge in [-0.3, -0.25) is 14.3 Å². The van der Waals surface area contributed by atoms with Crippen LogP contribution in [0, 0.1) is 0 Å². The lowest BCUT2D eigenvalue weighted by molar-refractivity contribution is 0.102. The average Bonchev–Trinajstić information content (AvgIpc) is 3.31. The van der Waals surface area contributed by atoms with Crippen molar-refractivity contribution in [1.82, 2.24) is 24.7 Å². The van der Waals surface area contributed by atoms with Gasteiger partial charge in [0.2, 0.25) is 0 Å². The minimum atomic E-state index is 0.0886. The summed E-state index contributed by atoms with van der Waals surface area (Å²) in [4.78, 5) is 20.1. The number of aromatic nitrogens is 5. The van der Waals surface area contributed by atoms with Crippen LogP contribution in [0.4, 0.5) is 0 Å². The molecule has 0 aliphatic heterocycles. The van der Waals surface area contributed by atoms with Gasteiger partial charge in [0.1, 0.15) is 0 Å². The Hall–Kier alpha value is -2.93.